The average Bonchev–Trinajstić information content (AvgIpc) is 2.88. The van der Waals surface area contributed by atoms with E-state index >= 15 is 0 Å². The van der Waals surface area contributed by atoms with Crippen LogP contribution in [0.15, 0.2) is 12.4 Å². The molecule has 0 radical (unpaired) electrons. The van der Waals surface area contributed by atoms with E-state index in [0.29, 0.717) is 17.4 Å². The minimum atomic E-state index is 0.391. The Balaban J connectivity index is 2.38. The lowest BCUT2D eigenvalue weighted by atomic mass is 10.3. The first-order valence-corrected chi connectivity index (χ1v) is 5.73. The van der Waals surface area contributed by atoms with E-state index in [-0.39, 0.29) is 0 Å². The van der Waals surface area contributed by atoms with Crippen molar-refractivity contribution in [2.24, 2.45) is 0 Å². The van der Waals surface area contributed by atoms with E-state index in [9.17, 15) is 4.79 Å². The third kappa shape index (κ3) is 2.10. The van der Waals surface area contributed by atoms with Gasteiger partial charge in [-0.25, -0.2) is 4.98 Å². The van der Waals surface area contributed by atoms with Gasteiger partial charge in [0.2, 0.25) is 0 Å². The number of hydrogen-bond acceptors (Lipinski definition) is 3. The van der Waals surface area contributed by atoms with Crippen LogP contribution < -0.4 is 0 Å². The van der Waals surface area contributed by atoms with Crippen molar-refractivity contribution in [1.82, 2.24) is 19.3 Å². The SMILES string of the molecule is CCn1nc(C)c(Cl)c1Cn1ccnc1C=O. The number of imidazole rings is 1. The van der Waals surface area contributed by atoms with Crippen molar-refractivity contribution in [1.29, 1.82) is 0 Å². The molecule has 0 saturated carbocycles. The molecule has 0 amide bonds. The molecule has 5 nitrogen and oxygen atoms in total. The normalized spacial score (nSPS) is 10.8. The Hall–Kier alpha value is -1.62. The molecule has 0 saturated heterocycles. The number of rotatable bonds is 4. The number of aryl methyl sites for hydroxylation is 2. The third-order valence-electron chi connectivity index (χ3n) is 2.63. The molecular formula is C11H13ClN4O. The fourth-order valence-corrected chi connectivity index (χ4v) is 1.95. The highest BCUT2D eigenvalue weighted by Crippen LogP contribution is 2.21. The second-order valence-corrected chi connectivity index (χ2v) is 4.07. The molecule has 0 aliphatic carbocycles. The van der Waals surface area contributed by atoms with Gasteiger partial charge in [-0.15, -0.1) is 0 Å². The van der Waals surface area contributed by atoms with E-state index in [2.05, 4.69) is 10.1 Å². The Kier molecular flexibility index (Phi) is 3.28. The second kappa shape index (κ2) is 4.71. The predicted molar refractivity (Wildman–Crippen MR) is 64.4 cm³/mol. The maximum absolute atomic E-state index is 10.8. The second-order valence-electron chi connectivity index (χ2n) is 3.69. The van der Waals surface area contributed by atoms with E-state index in [0.717, 1.165) is 24.2 Å². The molecule has 0 aliphatic heterocycles. The van der Waals surface area contributed by atoms with Crippen molar-refractivity contribution < 1.29 is 4.79 Å². The van der Waals surface area contributed by atoms with Gasteiger partial charge in [-0.1, -0.05) is 11.6 Å². The molecule has 0 bridgehead atoms. The first-order chi connectivity index (χ1) is 8.17. The van der Waals surface area contributed by atoms with Gasteiger partial charge in [-0.3, -0.25) is 9.48 Å². The van der Waals surface area contributed by atoms with Gasteiger partial charge < -0.3 is 4.57 Å². The van der Waals surface area contributed by atoms with Crippen molar-refractivity contribution in [3.8, 4) is 0 Å². The van der Waals surface area contributed by atoms with Crippen LogP contribution in [0.25, 0.3) is 0 Å². The van der Waals surface area contributed by atoms with Crippen molar-refractivity contribution in [2.45, 2.75) is 26.9 Å². The highest BCUT2D eigenvalue weighted by atomic mass is 35.5. The Morgan fingerprint density at radius 1 is 1.53 bits per heavy atom. The molecule has 2 heterocycles. The summed E-state index contributed by atoms with van der Waals surface area (Å²) in [6.45, 7) is 5.11. The molecule has 0 N–H and O–H groups in total. The summed E-state index contributed by atoms with van der Waals surface area (Å²) in [6.07, 6.45) is 4.08. The van der Waals surface area contributed by atoms with Gasteiger partial charge in [0.05, 0.1) is 23.0 Å². The van der Waals surface area contributed by atoms with Gasteiger partial charge in [0, 0.05) is 18.9 Å². The summed E-state index contributed by atoms with van der Waals surface area (Å²) in [4.78, 5) is 14.7. The molecule has 0 spiro atoms. The molecule has 0 aliphatic rings. The maximum atomic E-state index is 10.8. The van der Waals surface area contributed by atoms with Crippen LogP contribution in [0.1, 0.15) is 28.9 Å². The molecule has 0 fully saturated rings. The van der Waals surface area contributed by atoms with Gasteiger partial charge in [0.1, 0.15) is 0 Å². The van der Waals surface area contributed by atoms with Gasteiger partial charge in [0.15, 0.2) is 12.1 Å². The summed E-state index contributed by atoms with van der Waals surface area (Å²) >= 11 is 6.20. The van der Waals surface area contributed by atoms with E-state index in [1.54, 1.807) is 17.0 Å². The Labute approximate surface area is 104 Å². The number of nitrogens with zero attached hydrogens (tertiary/aromatic N) is 4. The van der Waals surface area contributed by atoms with Crippen LogP contribution in [0.5, 0.6) is 0 Å². The Bertz CT molecular complexity index is 544. The quantitative estimate of drug-likeness (QED) is 0.782. The number of aldehydes is 1. The van der Waals surface area contributed by atoms with Crippen LogP contribution in [0.4, 0.5) is 0 Å². The lowest BCUT2D eigenvalue weighted by Gasteiger charge is -2.07. The zero-order chi connectivity index (χ0) is 12.4. The first kappa shape index (κ1) is 11.9. The van der Waals surface area contributed by atoms with Crippen LogP contribution >= 0.6 is 11.6 Å². The molecule has 6 heteroatoms. The summed E-state index contributed by atoms with van der Waals surface area (Å²) in [5.41, 5.74) is 1.70. The van der Waals surface area contributed by atoms with Crippen LogP contribution in [-0.2, 0) is 13.1 Å². The van der Waals surface area contributed by atoms with Crippen molar-refractivity contribution >= 4 is 17.9 Å². The lowest BCUT2D eigenvalue weighted by Crippen LogP contribution is -2.10. The zero-order valence-electron chi connectivity index (χ0n) is 9.72. The largest absolute Gasteiger partial charge is 0.323 e. The van der Waals surface area contributed by atoms with E-state index < -0.39 is 0 Å². The fraction of sp³-hybridized carbons (Fsp3) is 0.364. The van der Waals surface area contributed by atoms with Crippen LogP contribution in [-0.4, -0.2) is 25.6 Å². The molecule has 2 aromatic heterocycles. The summed E-state index contributed by atoms with van der Waals surface area (Å²) < 4.78 is 3.59. The number of aromatic nitrogens is 4. The van der Waals surface area contributed by atoms with Crippen LogP contribution in [0.3, 0.4) is 0 Å². The number of carbonyl (C=O) groups is 1. The topological polar surface area (TPSA) is 52.7 Å². The van der Waals surface area contributed by atoms with E-state index in [1.807, 2.05) is 18.5 Å². The van der Waals surface area contributed by atoms with Gasteiger partial charge >= 0.3 is 0 Å². The maximum Gasteiger partial charge on any atom is 0.185 e. The van der Waals surface area contributed by atoms with Crippen molar-refractivity contribution in [2.75, 3.05) is 0 Å². The third-order valence-corrected chi connectivity index (χ3v) is 3.12. The van der Waals surface area contributed by atoms with Crippen LogP contribution in [0.2, 0.25) is 5.02 Å². The predicted octanol–water partition coefficient (Wildman–Crippen LogP) is 1.92. The summed E-state index contributed by atoms with van der Waals surface area (Å²) in [7, 11) is 0. The van der Waals surface area contributed by atoms with Gasteiger partial charge in [-0.05, 0) is 13.8 Å². The van der Waals surface area contributed by atoms with Crippen molar-refractivity contribution in [3.63, 3.8) is 0 Å². The standard InChI is InChI=1S/C11H13ClN4O/c1-3-16-9(11(12)8(2)14-16)6-15-5-4-13-10(15)7-17/h4-5,7H,3,6H2,1-2H3. The summed E-state index contributed by atoms with van der Waals surface area (Å²) in [6, 6.07) is 0. The molecule has 2 aromatic rings. The average molecular weight is 253 g/mol. The van der Waals surface area contributed by atoms with E-state index in [1.165, 1.54) is 0 Å². The van der Waals surface area contributed by atoms with E-state index in [4.69, 9.17) is 11.6 Å². The molecular weight excluding hydrogens is 240 g/mol. The number of halogens is 1. The summed E-state index contributed by atoms with van der Waals surface area (Å²) in [5.74, 6) is 0.391. The fourth-order valence-electron chi connectivity index (χ4n) is 1.75. The molecule has 0 unspecified atom stereocenters. The highest BCUT2D eigenvalue weighted by molar-refractivity contribution is 6.31. The monoisotopic (exact) mass is 252 g/mol. The van der Waals surface area contributed by atoms with Crippen molar-refractivity contribution in [3.05, 3.63) is 34.6 Å². The molecule has 90 valence electrons. The lowest BCUT2D eigenvalue weighted by molar-refractivity contribution is 0.111. The minimum absolute atomic E-state index is 0.391. The smallest absolute Gasteiger partial charge is 0.185 e. The van der Waals surface area contributed by atoms with Crippen LogP contribution in [0, 0.1) is 6.92 Å². The zero-order valence-corrected chi connectivity index (χ0v) is 10.5. The molecule has 2 rings (SSSR count). The Morgan fingerprint density at radius 2 is 2.29 bits per heavy atom. The number of carbonyl (C=O) groups excluding carboxylic acids is 1. The van der Waals surface area contributed by atoms with Gasteiger partial charge in [0.25, 0.3) is 0 Å². The first-order valence-electron chi connectivity index (χ1n) is 5.35. The minimum Gasteiger partial charge on any atom is -0.323 e. The molecule has 0 atom stereocenters. The number of hydrogen-bond donors (Lipinski definition) is 0. The Morgan fingerprint density at radius 3 is 2.94 bits per heavy atom. The van der Waals surface area contributed by atoms with Gasteiger partial charge in [-0.2, -0.15) is 5.10 Å². The molecule has 17 heavy (non-hydrogen) atoms. The molecule has 0 aromatic carbocycles. The highest BCUT2D eigenvalue weighted by Gasteiger charge is 2.14. The summed E-state index contributed by atoms with van der Waals surface area (Å²) in [5, 5.41) is 4.98.